The second kappa shape index (κ2) is 4.85. The van der Waals surface area contributed by atoms with Crippen molar-refractivity contribution in [2.45, 2.75) is 53.4 Å². The van der Waals surface area contributed by atoms with Crippen LogP contribution in [-0.4, -0.2) is 15.9 Å². The number of aryl methyl sites for hydroxylation is 2. The van der Waals surface area contributed by atoms with E-state index in [-0.39, 0.29) is 0 Å². The standard InChI is InChI=1S/C16H25N3S/c1-10-12(7-8-17)19-13-6-5-11(16(2,3)4)9-14(13)20-15(19)18-10/h11H,5-9,17H2,1-4H3. The Hall–Kier alpha value is -0.870. The molecular weight excluding hydrogens is 266 g/mol. The van der Waals surface area contributed by atoms with Crippen LogP contribution in [0.2, 0.25) is 0 Å². The van der Waals surface area contributed by atoms with E-state index in [0.29, 0.717) is 12.0 Å². The molecule has 1 atom stereocenters. The first-order valence-electron chi connectivity index (χ1n) is 7.60. The third kappa shape index (κ3) is 2.19. The van der Waals surface area contributed by atoms with E-state index in [9.17, 15) is 0 Å². The molecule has 110 valence electrons. The minimum absolute atomic E-state index is 0.403. The molecule has 2 heterocycles. The predicted octanol–water partition coefficient (Wildman–Crippen LogP) is 3.36. The Morgan fingerprint density at radius 3 is 2.80 bits per heavy atom. The van der Waals surface area contributed by atoms with Crippen LogP contribution in [0.1, 0.15) is 49.2 Å². The van der Waals surface area contributed by atoms with Gasteiger partial charge in [-0.05, 0) is 44.1 Å². The Morgan fingerprint density at radius 1 is 1.40 bits per heavy atom. The lowest BCUT2D eigenvalue weighted by molar-refractivity contribution is 0.216. The maximum absolute atomic E-state index is 5.77. The second-order valence-electron chi connectivity index (χ2n) is 7.08. The summed E-state index contributed by atoms with van der Waals surface area (Å²) in [6, 6.07) is 0. The molecule has 0 spiro atoms. The van der Waals surface area contributed by atoms with Gasteiger partial charge in [-0.1, -0.05) is 20.8 Å². The molecule has 3 nitrogen and oxygen atoms in total. The molecule has 0 saturated heterocycles. The number of nitrogens with zero attached hydrogens (tertiary/aromatic N) is 2. The van der Waals surface area contributed by atoms with Gasteiger partial charge >= 0.3 is 0 Å². The van der Waals surface area contributed by atoms with E-state index >= 15 is 0 Å². The van der Waals surface area contributed by atoms with Crippen molar-refractivity contribution < 1.29 is 0 Å². The fourth-order valence-corrected chi connectivity index (χ4v) is 4.70. The van der Waals surface area contributed by atoms with Crippen LogP contribution in [0, 0.1) is 18.3 Å². The fourth-order valence-electron chi connectivity index (χ4n) is 3.39. The normalized spacial score (nSPS) is 19.6. The van der Waals surface area contributed by atoms with Crippen LogP contribution in [-0.2, 0) is 19.3 Å². The van der Waals surface area contributed by atoms with E-state index < -0.39 is 0 Å². The van der Waals surface area contributed by atoms with Crippen molar-refractivity contribution in [3.8, 4) is 0 Å². The number of imidazole rings is 1. The van der Waals surface area contributed by atoms with Gasteiger partial charge in [-0.15, -0.1) is 11.3 Å². The Labute approximate surface area is 125 Å². The first-order chi connectivity index (χ1) is 9.41. The van der Waals surface area contributed by atoms with E-state index in [0.717, 1.165) is 18.0 Å². The Morgan fingerprint density at radius 2 is 2.15 bits per heavy atom. The fraction of sp³-hybridized carbons (Fsp3) is 0.688. The molecule has 0 fully saturated rings. The smallest absolute Gasteiger partial charge is 0.194 e. The molecule has 1 unspecified atom stereocenters. The van der Waals surface area contributed by atoms with Crippen molar-refractivity contribution in [3.05, 3.63) is 22.0 Å². The van der Waals surface area contributed by atoms with Crippen LogP contribution in [0.3, 0.4) is 0 Å². The second-order valence-corrected chi connectivity index (χ2v) is 8.14. The minimum Gasteiger partial charge on any atom is -0.330 e. The first kappa shape index (κ1) is 14.1. The third-order valence-corrected chi connectivity index (χ3v) is 5.82. The SMILES string of the molecule is Cc1nc2sc3c(n2c1CCN)CCC(C(C)(C)C)C3. The third-order valence-electron chi connectivity index (χ3n) is 4.72. The van der Waals surface area contributed by atoms with Crippen LogP contribution in [0.5, 0.6) is 0 Å². The van der Waals surface area contributed by atoms with Crippen molar-refractivity contribution in [2.75, 3.05) is 6.54 Å². The molecule has 0 aliphatic heterocycles. The zero-order valence-electron chi connectivity index (χ0n) is 13.0. The highest BCUT2D eigenvalue weighted by atomic mass is 32.1. The number of hydrogen-bond acceptors (Lipinski definition) is 3. The van der Waals surface area contributed by atoms with E-state index in [1.54, 1.807) is 4.88 Å². The number of aromatic nitrogens is 2. The molecule has 1 aliphatic carbocycles. The molecule has 2 N–H and O–H groups in total. The molecule has 20 heavy (non-hydrogen) atoms. The zero-order valence-corrected chi connectivity index (χ0v) is 13.8. The van der Waals surface area contributed by atoms with Gasteiger partial charge in [0.05, 0.1) is 5.69 Å². The van der Waals surface area contributed by atoms with Gasteiger partial charge in [0.1, 0.15) is 0 Å². The molecule has 4 heteroatoms. The van der Waals surface area contributed by atoms with Crippen molar-refractivity contribution >= 4 is 16.3 Å². The zero-order chi connectivity index (χ0) is 14.5. The van der Waals surface area contributed by atoms with Crippen LogP contribution >= 0.6 is 11.3 Å². The molecule has 3 rings (SSSR count). The molecule has 2 aromatic rings. The monoisotopic (exact) mass is 291 g/mol. The van der Waals surface area contributed by atoms with Gasteiger partial charge in [0, 0.05) is 22.7 Å². The summed E-state index contributed by atoms with van der Waals surface area (Å²) < 4.78 is 2.40. The van der Waals surface area contributed by atoms with Gasteiger partial charge in [0.2, 0.25) is 0 Å². The van der Waals surface area contributed by atoms with Crippen LogP contribution in [0.4, 0.5) is 0 Å². The summed E-state index contributed by atoms with van der Waals surface area (Å²) in [6.07, 6.45) is 4.62. The Balaban J connectivity index is 2.04. The lowest BCUT2D eigenvalue weighted by Gasteiger charge is -2.33. The van der Waals surface area contributed by atoms with Gasteiger partial charge in [0.25, 0.3) is 0 Å². The predicted molar refractivity (Wildman–Crippen MR) is 85.5 cm³/mol. The highest BCUT2D eigenvalue weighted by Gasteiger charge is 2.31. The maximum atomic E-state index is 5.77. The van der Waals surface area contributed by atoms with Crippen LogP contribution in [0.15, 0.2) is 0 Å². The molecular formula is C16H25N3S. The molecule has 0 radical (unpaired) electrons. The number of fused-ring (bicyclic) bond motifs is 3. The molecule has 0 aromatic carbocycles. The van der Waals surface area contributed by atoms with Gasteiger partial charge in [-0.2, -0.15) is 0 Å². The molecule has 1 aliphatic rings. The van der Waals surface area contributed by atoms with Gasteiger partial charge < -0.3 is 5.73 Å². The van der Waals surface area contributed by atoms with Crippen molar-refractivity contribution in [1.29, 1.82) is 0 Å². The lowest BCUT2D eigenvalue weighted by atomic mass is 9.73. The van der Waals surface area contributed by atoms with Gasteiger partial charge in [0.15, 0.2) is 4.96 Å². The summed E-state index contributed by atoms with van der Waals surface area (Å²) >= 11 is 1.89. The molecule has 0 amide bonds. The summed E-state index contributed by atoms with van der Waals surface area (Å²) in [5.74, 6) is 0.789. The average molecular weight is 291 g/mol. The van der Waals surface area contributed by atoms with E-state index in [4.69, 9.17) is 10.7 Å². The number of thiazole rings is 1. The summed E-state index contributed by atoms with van der Waals surface area (Å²) in [4.78, 5) is 7.47. The Bertz CT molecular complexity index is 630. The molecule has 0 saturated carbocycles. The first-order valence-corrected chi connectivity index (χ1v) is 8.42. The quantitative estimate of drug-likeness (QED) is 0.922. The largest absolute Gasteiger partial charge is 0.330 e. The Kier molecular flexibility index (Phi) is 3.41. The van der Waals surface area contributed by atoms with E-state index in [1.807, 2.05) is 11.3 Å². The minimum atomic E-state index is 0.403. The van der Waals surface area contributed by atoms with Crippen molar-refractivity contribution in [1.82, 2.24) is 9.38 Å². The number of rotatable bonds is 2. The van der Waals surface area contributed by atoms with Crippen LogP contribution in [0.25, 0.3) is 4.96 Å². The topological polar surface area (TPSA) is 43.3 Å². The highest BCUT2D eigenvalue weighted by molar-refractivity contribution is 7.17. The maximum Gasteiger partial charge on any atom is 0.194 e. The van der Waals surface area contributed by atoms with Gasteiger partial charge in [-0.25, -0.2) is 4.98 Å². The van der Waals surface area contributed by atoms with Gasteiger partial charge in [-0.3, -0.25) is 4.40 Å². The summed E-state index contributed by atoms with van der Waals surface area (Å²) in [5, 5.41) is 0. The van der Waals surface area contributed by atoms with E-state index in [2.05, 4.69) is 32.1 Å². The molecule has 0 bridgehead atoms. The highest BCUT2D eigenvalue weighted by Crippen LogP contribution is 2.40. The van der Waals surface area contributed by atoms with Crippen LogP contribution < -0.4 is 5.73 Å². The van der Waals surface area contributed by atoms with Crippen molar-refractivity contribution in [2.24, 2.45) is 17.1 Å². The number of hydrogen-bond donors (Lipinski definition) is 1. The summed E-state index contributed by atoms with van der Waals surface area (Å²) in [5.41, 5.74) is 10.2. The van der Waals surface area contributed by atoms with E-state index in [1.165, 1.54) is 35.6 Å². The summed E-state index contributed by atoms with van der Waals surface area (Å²) in [6.45, 7) is 9.91. The number of nitrogens with two attached hydrogens (primary N) is 1. The average Bonchev–Trinajstić information content (AvgIpc) is 2.84. The molecule has 2 aromatic heterocycles. The lowest BCUT2D eigenvalue weighted by Crippen LogP contribution is -2.26. The summed E-state index contributed by atoms with van der Waals surface area (Å²) in [7, 11) is 0. The van der Waals surface area contributed by atoms with Crippen molar-refractivity contribution in [3.63, 3.8) is 0 Å².